The third-order valence-electron chi connectivity index (χ3n) is 4.77. The van der Waals surface area contributed by atoms with Crippen LogP contribution in [-0.4, -0.2) is 22.2 Å². The maximum atomic E-state index is 13.0. The average Bonchev–Trinajstić information content (AvgIpc) is 3.39. The molecule has 0 fully saturated rings. The summed E-state index contributed by atoms with van der Waals surface area (Å²) in [5.74, 6) is 1.69. The number of nitrogens with one attached hydrogen (secondary N) is 1. The maximum Gasteiger partial charge on any atom is 0.255 e. The zero-order chi connectivity index (χ0) is 20.9. The fourth-order valence-corrected chi connectivity index (χ4v) is 3.39. The molecule has 6 heteroatoms. The van der Waals surface area contributed by atoms with Gasteiger partial charge in [-0.3, -0.25) is 9.48 Å². The predicted molar refractivity (Wildman–Crippen MR) is 114 cm³/mol. The molecule has 0 saturated heterocycles. The summed E-state index contributed by atoms with van der Waals surface area (Å²) in [6.45, 7) is 4.26. The van der Waals surface area contributed by atoms with Crippen LogP contribution in [0.4, 0.5) is 0 Å². The number of carbonyl (C=O) groups excluding carboxylic acids is 1. The number of aromatic nitrogens is 2. The van der Waals surface area contributed by atoms with Gasteiger partial charge < -0.3 is 14.5 Å². The van der Waals surface area contributed by atoms with E-state index in [0.717, 1.165) is 17.1 Å². The molecule has 4 rings (SSSR count). The van der Waals surface area contributed by atoms with Crippen molar-refractivity contribution in [1.29, 1.82) is 0 Å². The van der Waals surface area contributed by atoms with Crippen LogP contribution in [0.1, 0.15) is 33.5 Å². The van der Waals surface area contributed by atoms with Crippen LogP contribution in [0.2, 0.25) is 0 Å². The number of hydrogen-bond donors (Lipinski definition) is 1. The molecule has 1 amide bonds. The van der Waals surface area contributed by atoms with E-state index in [1.165, 1.54) is 0 Å². The van der Waals surface area contributed by atoms with Crippen LogP contribution in [0.15, 0.2) is 83.5 Å². The molecule has 1 N–H and O–H groups in total. The van der Waals surface area contributed by atoms with E-state index < -0.39 is 0 Å². The summed E-state index contributed by atoms with van der Waals surface area (Å²) in [4.78, 5) is 13.0. The Kier molecular flexibility index (Phi) is 5.66. The van der Waals surface area contributed by atoms with Crippen LogP contribution in [0, 0.1) is 13.8 Å². The zero-order valence-corrected chi connectivity index (χ0v) is 16.9. The van der Waals surface area contributed by atoms with Crippen molar-refractivity contribution in [3.05, 3.63) is 102 Å². The Balaban J connectivity index is 1.54. The van der Waals surface area contributed by atoms with E-state index in [1.54, 1.807) is 18.4 Å². The highest BCUT2D eigenvalue weighted by Crippen LogP contribution is 2.25. The van der Waals surface area contributed by atoms with Crippen molar-refractivity contribution in [3.8, 4) is 11.5 Å². The van der Waals surface area contributed by atoms with Crippen LogP contribution < -0.4 is 10.1 Å². The molecule has 4 aromatic rings. The van der Waals surface area contributed by atoms with Gasteiger partial charge in [-0.1, -0.05) is 30.3 Å². The Labute approximate surface area is 175 Å². The molecule has 2 heterocycles. The lowest BCUT2D eigenvalue weighted by Gasteiger charge is -2.18. The molecule has 152 valence electrons. The molecule has 0 radical (unpaired) electrons. The molecule has 1 unspecified atom stereocenters. The van der Waals surface area contributed by atoms with Crippen molar-refractivity contribution in [2.75, 3.05) is 6.54 Å². The first-order valence-electron chi connectivity index (χ1n) is 9.78. The van der Waals surface area contributed by atoms with Crippen molar-refractivity contribution in [2.24, 2.45) is 0 Å². The third kappa shape index (κ3) is 4.27. The summed E-state index contributed by atoms with van der Waals surface area (Å²) in [6, 6.07) is 22.1. The first-order valence-corrected chi connectivity index (χ1v) is 9.78. The lowest BCUT2D eigenvalue weighted by atomic mass is 10.1. The fourth-order valence-electron chi connectivity index (χ4n) is 3.39. The van der Waals surface area contributed by atoms with Gasteiger partial charge >= 0.3 is 0 Å². The minimum absolute atomic E-state index is 0.223. The normalized spacial score (nSPS) is 11.8. The molecule has 30 heavy (non-hydrogen) atoms. The molecule has 0 saturated carbocycles. The van der Waals surface area contributed by atoms with Gasteiger partial charge in [-0.15, -0.1) is 0 Å². The standard InChI is InChI=1S/C24H23N3O3/c1-17-15-18(2)27(26-17)21(23-13-8-14-29-23)16-25-24(28)20-11-6-7-12-22(20)30-19-9-4-3-5-10-19/h3-15,21H,16H2,1-2H3,(H,25,28). The van der Waals surface area contributed by atoms with E-state index in [0.29, 0.717) is 23.6 Å². The van der Waals surface area contributed by atoms with Gasteiger partial charge in [-0.05, 0) is 56.3 Å². The minimum atomic E-state index is -0.250. The predicted octanol–water partition coefficient (Wildman–Crippen LogP) is 4.90. The zero-order valence-electron chi connectivity index (χ0n) is 16.9. The second kappa shape index (κ2) is 8.69. The van der Waals surface area contributed by atoms with Crippen LogP contribution in [0.25, 0.3) is 0 Å². The highest BCUT2D eigenvalue weighted by atomic mass is 16.5. The van der Waals surface area contributed by atoms with Crippen LogP contribution in [-0.2, 0) is 0 Å². The fraction of sp³-hybridized carbons (Fsp3) is 0.167. The van der Waals surface area contributed by atoms with E-state index in [9.17, 15) is 4.79 Å². The van der Waals surface area contributed by atoms with Gasteiger partial charge in [-0.25, -0.2) is 0 Å². The molecule has 0 bridgehead atoms. The van der Waals surface area contributed by atoms with Gasteiger partial charge in [0.2, 0.25) is 0 Å². The quantitative estimate of drug-likeness (QED) is 0.478. The summed E-state index contributed by atoms with van der Waals surface area (Å²) >= 11 is 0. The van der Waals surface area contributed by atoms with E-state index >= 15 is 0 Å². The number of para-hydroxylation sites is 2. The number of benzene rings is 2. The average molecular weight is 401 g/mol. The van der Waals surface area contributed by atoms with Gasteiger partial charge in [0, 0.05) is 12.2 Å². The lowest BCUT2D eigenvalue weighted by Crippen LogP contribution is -2.32. The molecule has 0 aliphatic carbocycles. The molecule has 0 aliphatic heterocycles. The first kappa shape index (κ1) is 19.5. The molecule has 1 atom stereocenters. The molecule has 0 spiro atoms. The van der Waals surface area contributed by atoms with Crippen LogP contribution in [0.3, 0.4) is 0 Å². The molecule has 0 aliphatic rings. The third-order valence-corrected chi connectivity index (χ3v) is 4.77. The van der Waals surface area contributed by atoms with Gasteiger partial charge in [0.15, 0.2) is 0 Å². The Morgan fingerprint density at radius 3 is 2.53 bits per heavy atom. The van der Waals surface area contributed by atoms with Gasteiger partial charge in [0.25, 0.3) is 5.91 Å². The smallest absolute Gasteiger partial charge is 0.255 e. The molecule has 6 nitrogen and oxygen atoms in total. The van der Waals surface area contributed by atoms with Crippen LogP contribution >= 0.6 is 0 Å². The summed E-state index contributed by atoms with van der Waals surface area (Å²) < 4.78 is 13.4. The number of aryl methyl sites for hydroxylation is 2. The largest absolute Gasteiger partial charge is 0.467 e. The van der Waals surface area contributed by atoms with Crippen molar-refractivity contribution in [2.45, 2.75) is 19.9 Å². The maximum absolute atomic E-state index is 13.0. The van der Waals surface area contributed by atoms with E-state index in [-0.39, 0.29) is 11.9 Å². The van der Waals surface area contributed by atoms with Crippen LogP contribution in [0.5, 0.6) is 11.5 Å². The van der Waals surface area contributed by atoms with E-state index in [4.69, 9.17) is 9.15 Å². The number of hydrogen-bond acceptors (Lipinski definition) is 4. The Bertz CT molecular complexity index is 1120. The van der Waals surface area contributed by atoms with Crippen molar-refractivity contribution < 1.29 is 13.9 Å². The Hall–Kier alpha value is -3.80. The summed E-state index contributed by atoms with van der Waals surface area (Å²) in [5, 5.41) is 7.58. The van der Waals surface area contributed by atoms with Gasteiger partial charge in [-0.2, -0.15) is 5.10 Å². The van der Waals surface area contributed by atoms with Crippen molar-refractivity contribution >= 4 is 5.91 Å². The molecule has 2 aromatic heterocycles. The summed E-state index contributed by atoms with van der Waals surface area (Å²) in [5.41, 5.74) is 2.38. The lowest BCUT2D eigenvalue weighted by molar-refractivity contribution is 0.0945. The Morgan fingerprint density at radius 2 is 1.83 bits per heavy atom. The second-order valence-corrected chi connectivity index (χ2v) is 7.02. The number of carbonyl (C=O) groups is 1. The SMILES string of the molecule is Cc1cc(C)n(C(CNC(=O)c2ccccc2Oc2ccccc2)c2ccco2)n1. The Morgan fingerprint density at radius 1 is 1.07 bits per heavy atom. The number of ether oxygens (including phenoxy) is 1. The number of furan rings is 1. The number of rotatable bonds is 7. The van der Waals surface area contributed by atoms with Crippen molar-refractivity contribution in [1.82, 2.24) is 15.1 Å². The number of nitrogens with zero attached hydrogens (tertiary/aromatic N) is 2. The van der Waals surface area contributed by atoms with Gasteiger partial charge in [0.05, 0.1) is 17.5 Å². The molecule has 2 aromatic carbocycles. The summed E-state index contributed by atoms with van der Waals surface area (Å²) in [6.07, 6.45) is 1.62. The summed E-state index contributed by atoms with van der Waals surface area (Å²) in [7, 11) is 0. The monoisotopic (exact) mass is 401 g/mol. The van der Waals surface area contributed by atoms with Gasteiger partial charge in [0.1, 0.15) is 23.3 Å². The minimum Gasteiger partial charge on any atom is -0.467 e. The highest BCUT2D eigenvalue weighted by molar-refractivity contribution is 5.97. The topological polar surface area (TPSA) is 69.3 Å². The molecular weight excluding hydrogens is 378 g/mol. The van der Waals surface area contributed by atoms with E-state index in [1.807, 2.05) is 79.2 Å². The highest BCUT2D eigenvalue weighted by Gasteiger charge is 2.22. The van der Waals surface area contributed by atoms with E-state index in [2.05, 4.69) is 10.4 Å². The number of amides is 1. The van der Waals surface area contributed by atoms with Crippen molar-refractivity contribution in [3.63, 3.8) is 0 Å². The first-order chi connectivity index (χ1) is 14.6. The molecular formula is C24H23N3O3. The second-order valence-electron chi connectivity index (χ2n) is 7.02.